The van der Waals surface area contributed by atoms with Crippen LogP contribution in [0.3, 0.4) is 0 Å². The van der Waals surface area contributed by atoms with Gasteiger partial charge in [0.05, 0.1) is 12.6 Å². The van der Waals surface area contributed by atoms with E-state index in [0.717, 1.165) is 0 Å². The summed E-state index contributed by atoms with van der Waals surface area (Å²) >= 11 is 0. The van der Waals surface area contributed by atoms with Gasteiger partial charge in [-0.3, -0.25) is 4.79 Å². The van der Waals surface area contributed by atoms with Crippen molar-refractivity contribution in [3.8, 4) is 0 Å². The van der Waals surface area contributed by atoms with E-state index in [2.05, 4.69) is 14.9 Å². The summed E-state index contributed by atoms with van der Waals surface area (Å²) in [6.45, 7) is 1.49. The number of hydrogen-bond acceptors (Lipinski definition) is 4. The fourth-order valence-corrected chi connectivity index (χ4v) is 0.511. The fraction of sp³-hybridized carbons (Fsp3) is 0.400. The third-order valence-corrected chi connectivity index (χ3v) is 0.830. The number of nitrogens with zero attached hydrogens (tertiary/aromatic N) is 2. The average molecular weight is 126 g/mol. The van der Waals surface area contributed by atoms with E-state index in [0.29, 0.717) is 5.76 Å². The first-order valence-electron chi connectivity index (χ1n) is 2.54. The first-order valence-corrected chi connectivity index (χ1v) is 2.54. The van der Waals surface area contributed by atoms with Crippen molar-refractivity contribution < 1.29 is 9.32 Å². The minimum atomic E-state index is 0.0496. The molecule has 9 heavy (non-hydrogen) atoms. The summed E-state index contributed by atoms with van der Waals surface area (Å²) in [5.74, 6) is 0.566. The van der Waals surface area contributed by atoms with Gasteiger partial charge >= 0.3 is 0 Å². The van der Waals surface area contributed by atoms with Crippen molar-refractivity contribution in [3.05, 3.63) is 12.0 Å². The summed E-state index contributed by atoms with van der Waals surface area (Å²) in [6.07, 6.45) is 1.72. The summed E-state index contributed by atoms with van der Waals surface area (Å²) in [5.41, 5.74) is 0. The smallest absolute Gasteiger partial charge is 0.164 e. The molecule has 1 heterocycles. The maximum absolute atomic E-state index is 10.4. The SMILES string of the molecule is CC(=O)Cc1cnno1. The third kappa shape index (κ3) is 1.64. The van der Waals surface area contributed by atoms with Crippen molar-refractivity contribution in [2.45, 2.75) is 13.3 Å². The van der Waals surface area contributed by atoms with Gasteiger partial charge in [0.15, 0.2) is 5.76 Å². The highest BCUT2D eigenvalue weighted by atomic mass is 16.5. The van der Waals surface area contributed by atoms with Gasteiger partial charge in [0.2, 0.25) is 0 Å². The fourth-order valence-electron chi connectivity index (χ4n) is 0.511. The second-order valence-corrected chi connectivity index (χ2v) is 1.76. The zero-order chi connectivity index (χ0) is 6.69. The molecule has 4 heteroatoms. The quantitative estimate of drug-likeness (QED) is 0.568. The second kappa shape index (κ2) is 2.39. The van der Waals surface area contributed by atoms with Crippen molar-refractivity contribution in [3.63, 3.8) is 0 Å². The Morgan fingerprint density at radius 2 is 2.67 bits per heavy atom. The summed E-state index contributed by atoms with van der Waals surface area (Å²) in [7, 11) is 0. The molecule has 0 aliphatic carbocycles. The Hall–Kier alpha value is -1.19. The van der Waals surface area contributed by atoms with E-state index in [9.17, 15) is 4.79 Å². The predicted octanol–water partition coefficient (Wildman–Crippen LogP) is 0.201. The number of ketones is 1. The molecule has 0 spiro atoms. The van der Waals surface area contributed by atoms with Crippen LogP contribution in [0.2, 0.25) is 0 Å². The molecule has 1 rings (SSSR count). The lowest BCUT2D eigenvalue weighted by atomic mass is 10.3. The Morgan fingerprint density at radius 1 is 1.89 bits per heavy atom. The zero-order valence-electron chi connectivity index (χ0n) is 5.00. The molecule has 0 N–H and O–H groups in total. The standard InChI is InChI=1S/C5H6N2O2/c1-4(8)2-5-3-6-7-9-5/h3H,2H2,1H3. The van der Waals surface area contributed by atoms with Gasteiger partial charge in [0, 0.05) is 5.27 Å². The highest BCUT2D eigenvalue weighted by molar-refractivity contribution is 5.77. The van der Waals surface area contributed by atoms with Gasteiger partial charge in [-0.05, 0) is 6.92 Å². The van der Waals surface area contributed by atoms with E-state index < -0.39 is 0 Å². The van der Waals surface area contributed by atoms with Crippen molar-refractivity contribution in [2.75, 3.05) is 0 Å². The molecular formula is C5H6N2O2. The Morgan fingerprint density at radius 3 is 3.11 bits per heavy atom. The van der Waals surface area contributed by atoms with Gasteiger partial charge in [0.1, 0.15) is 5.78 Å². The molecule has 0 radical (unpaired) electrons. The Balaban J connectivity index is 2.58. The van der Waals surface area contributed by atoms with Crippen molar-refractivity contribution in [2.24, 2.45) is 0 Å². The maximum Gasteiger partial charge on any atom is 0.164 e. The number of carbonyl (C=O) groups excluding carboxylic acids is 1. The molecule has 0 aliphatic rings. The Labute approximate surface area is 51.8 Å². The molecule has 0 saturated carbocycles. The lowest BCUT2D eigenvalue weighted by Crippen LogP contribution is -1.93. The third-order valence-electron chi connectivity index (χ3n) is 0.830. The summed E-state index contributed by atoms with van der Waals surface area (Å²) in [4.78, 5) is 10.4. The summed E-state index contributed by atoms with van der Waals surface area (Å²) < 4.78 is 4.56. The predicted molar refractivity (Wildman–Crippen MR) is 28.7 cm³/mol. The minimum Gasteiger partial charge on any atom is -0.342 e. The van der Waals surface area contributed by atoms with Crippen molar-refractivity contribution in [1.29, 1.82) is 0 Å². The molecule has 0 fully saturated rings. The van der Waals surface area contributed by atoms with Crippen LogP contribution < -0.4 is 0 Å². The average Bonchev–Trinajstić information content (AvgIpc) is 2.15. The monoisotopic (exact) mass is 126 g/mol. The van der Waals surface area contributed by atoms with Crippen LogP contribution >= 0.6 is 0 Å². The number of Topliss-reactive ketones (excluding diaryl/α,β-unsaturated/α-hetero) is 1. The molecule has 1 aromatic rings. The highest BCUT2D eigenvalue weighted by Gasteiger charge is 1.99. The highest BCUT2D eigenvalue weighted by Crippen LogP contribution is 1.94. The van der Waals surface area contributed by atoms with Gasteiger partial charge in [-0.2, -0.15) is 0 Å². The topological polar surface area (TPSA) is 56.0 Å². The van der Waals surface area contributed by atoms with E-state index in [4.69, 9.17) is 0 Å². The second-order valence-electron chi connectivity index (χ2n) is 1.76. The summed E-state index contributed by atoms with van der Waals surface area (Å²) in [5, 5.41) is 6.60. The van der Waals surface area contributed by atoms with E-state index in [1.165, 1.54) is 13.1 Å². The first kappa shape index (κ1) is 5.94. The zero-order valence-corrected chi connectivity index (χ0v) is 5.00. The number of hydrogen-bond donors (Lipinski definition) is 0. The van der Waals surface area contributed by atoms with Gasteiger partial charge in [-0.15, -0.1) is 5.10 Å². The molecule has 0 saturated heterocycles. The lowest BCUT2D eigenvalue weighted by molar-refractivity contribution is -0.116. The lowest BCUT2D eigenvalue weighted by Gasteiger charge is -1.82. The van der Waals surface area contributed by atoms with E-state index in [1.807, 2.05) is 0 Å². The van der Waals surface area contributed by atoms with Gasteiger partial charge < -0.3 is 4.52 Å². The molecule has 0 aliphatic heterocycles. The number of carbonyl (C=O) groups is 1. The molecule has 0 aromatic carbocycles. The molecule has 0 bridgehead atoms. The van der Waals surface area contributed by atoms with Gasteiger partial charge in [-0.1, -0.05) is 0 Å². The van der Waals surface area contributed by atoms with Crippen LogP contribution in [0.1, 0.15) is 12.7 Å². The maximum atomic E-state index is 10.4. The molecule has 48 valence electrons. The van der Waals surface area contributed by atoms with E-state index >= 15 is 0 Å². The van der Waals surface area contributed by atoms with Crippen molar-refractivity contribution >= 4 is 5.78 Å². The normalized spacial score (nSPS) is 9.44. The molecule has 0 unspecified atom stereocenters. The van der Waals surface area contributed by atoms with Crippen LogP contribution in [-0.2, 0) is 11.2 Å². The van der Waals surface area contributed by atoms with Crippen molar-refractivity contribution in [1.82, 2.24) is 10.4 Å². The van der Waals surface area contributed by atoms with Crippen LogP contribution in [0.4, 0.5) is 0 Å². The molecule has 4 nitrogen and oxygen atoms in total. The number of rotatable bonds is 2. The van der Waals surface area contributed by atoms with Crippen LogP contribution in [0.5, 0.6) is 0 Å². The molecule has 1 aromatic heterocycles. The van der Waals surface area contributed by atoms with Crippen LogP contribution in [0.25, 0.3) is 0 Å². The van der Waals surface area contributed by atoms with Crippen LogP contribution in [0, 0.1) is 0 Å². The van der Waals surface area contributed by atoms with Crippen LogP contribution in [0.15, 0.2) is 10.7 Å². The molecule has 0 atom stereocenters. The molecule has 0 amide bonds. The number of aromatic nitrogens is 2. The van der Waals surface area contributed by atoms with Gasteiger partial charge in [0.25, 0.3) is 0 Å². The largest absolute Gasteiger partial charge is 0.342 e. The van der Waals surface area contributed by atoms with E-state index in [1.54, 1.807) is 0 Å². The Kier molecular flexibility index (Phi) is 1.58. The van der Waals surface area contributed by atoms with Crippen LogP contribution in [-0.4, -0.2) is 16.2 Å². The van der Waals surface area contributed by atoms with E-state index in [-0.39, 0.29) is 12.2 Å². The first-order chi connectivity index (χ1) is 4.29. The van der Waals surface area contributed by atoms with Gasteiger partial charge in [-0.25, -0.2) is 0 Å². The minimum absolute atomic E-state index is 0.0496. The Bertz CT molecular complexity index is 193. The summed E-state index contributed by atoms with van der Waals surface area (Å²) in [6, 6.07) is 0. The molecular weight excluding hydrogens is 120 g/mol.